The molecule has 0 bridgehead atoms. The molecular formula is C14H22ClN5O3S. The maximum atomic E-state index is 12.2. The van der Waals surface area contributed by atoms with Crippen LogP contribution in [-0.4, -0.2) is 35.3 Å². The lowest BCUT2D eigenvalue weighted by molar-refractivity contribution is 0.289. The van der Waals surface area contributed by atoms with Gasteiger partial charge < -0.3 is 10.5 Å². The minimum Gasteiger partial charge on any atom is -0.486 e. The number of nitrogens with zero attached hydrogens (tertiary/aromatic N) is 3. The normalized spacial score (nSPS) is 11.8. The van der Waals surface area contributed by atoms with Crippen LogP contribution >= 0.6 is 12.4 Å². The second-order valence-electron chi connectivity index (χ2n) is 5.87. The highest BCUT2D eigenvalue weighted by atomic mass is 35.5. The molecule has 0 spiro atoms. The summed E-state index contributed by atoms with van der Waals surface area (Å²) in [5.74, 6) is 1.22. The number of ether oxygens (including phenoxy) is 1. The molecule has 0 unspecified atom stereocenters. The zero-order chi connectivity index (χ0) is 17.1. The Morgan fingerprint density at radius 1 is 1.29 bits per heavy atom. The van der Waals surface area contributed by atoms with Gasteiger partial charge in [-0.15, -0.1) is 12.4 Å². The molecule has 0 radical (unpaired) electrons. The summed E-state index contributed by atoms with van der Waals surface area (Å²) >= 11 is 0. The van der Waals surface area contributed by atoms with Gasteiger partial charge in [0.25, 0.3) is 0 Å². The number of hydrogen-bond acceptors (Lipinski definition) is 6. The second kappa shape index (κ2) is 7.93. The fourth-order valence-corrected chi connectivity index (χ4v) is 2.90. The minimum atomic E-state index is -3.59. The molecule has 134 valence electrons. The molecule has 2 aromatic rings. The molecule has 0 saturated carbocycles. The number of hydrogen-bond donors (Lipinski definition) is 2. The Morgan fingerprint density at radius 2 is 1.92 bits per heavy atom. The van der Waals surface area contributed by atoms with E-state index in [1.165, 1.54) is 18.5 Å². The summed E-state index contributed by atoms with van der Waals surface area (Å²) in [5, 5.41) is 3.94. The molecular weight excluding hydrogens is 354 g/mol. The Kier molecular flexibility index (Phi) is 6.73. The summed E-state index contributed by atoms with van der Waals surface area (Å²) in [5.41, 5.74) is 5.16. The van der Waals surface area contributed by atoms with Gasteiger partial charge in [0.15, 0.2) is 5.82 Å². The number of nitrogens with two attached hydrogens (primary N) is 1. The smallest absolute Gasteiger partial charge is 0.240 e. The summed E-state index contributed by atoms with van der Waals surface area (Å²) < 4.78 is 33.9. The van der Waals surface area contributed by atoms with Crippen molar-refractivity contribution in [2.45, 2.75) is 30.9 Å². The minimum absolute atomic E-state index is 0. The van der Waals surface area contributed by atoms with Crippen LogP contribution in [-0.2, 0) is 23.7 Å². The first-order valence-electron chi connectivity index (χ1n) is 7.02. The van der Waals surface area contributed by atoms with Crippen molar-refractivity contribution >= 4 is 22.4 Å². The Balaban J connectivity index is 0.00000288. The van der Waals surface area contributed by atoms with Gasteiger partial charge in [-0.2, -0.15) is 5.10 Å². The molecule has 0 aliphatic heterocycles. The van der Waals surface area contributed by atoms with Crippen LogP contribution in [0.5, 0.6) is 5.75 Å². The van der Waals surface area contributed by atoms with E-state index < -0.39 is 15.6 Å². The van der Waals surface area contributed by atoms with E-state index in [0.29, 0.717) is 11.6 Å². The Labute approximate surface area is 147 Å². The first-order valence-corrected chi connectivity index (χ1v) is 8.50. The Bertz CT molecular complexity index is 753. The van der Waals surface area contributed by atoms with Gasteiger partial charge in [0.05, 0.1) is 4.90 Å². The van der Waals surface area contributed by atoms with Crippen molar-refractivity contribution in [2.24, 2.45) is 12.8 Å². The van der Waals surface area contributed by atoms with Crippen molar-refractivity contribution in [1.29, 1.82) is 0 Å². The van der Waals surface area contributed by atoms with Gasteiger partial charge in [0, 0.05) is 19.1 Å². The highest BCUT2D eigenvalue weighted by Gasteiger charge is 2.18. The van der Waals surface area contributed by atoms with E-state index in [0.717, 1.165) is 0 Å². The number of aromatic nitrogens is 3. The van der Waals surface area contributed by atoms with Crippen molar-refractivity contribution < 1.29 is 13.2 Å². The number of halogens is 1. The van der Waals surface area contributed by atoms with Gasteiger partial charge in [0.2, 0.25) is 10.0 Å². The van der Waals surface area contributed by atoms with E-state index in [2.05, 4.69) is 14.8 Å². The van der Waals surface area contributed by atoms with Gasteiger partial charge in [-0.25, -0.2) is 18.1 Å². The maximum absolute atomic E-state index is 12.2. The lowest BCUT2D eigenvalue weighted by atomic mass is 10.1. The predicted molar refractivity (Wildman–Crippen MR) is 92.5 cm³/mol. The molecule has 1 aromatic carbocycles. The van der Waals surface area contributed by atoms with Gasteiger partial charge in [-0.05, 0) is 38.1 Å². The third-order valence-electron chi connectivity index (χ3n) is 3.02. The molecule has 24 heavy (non-hydrogen) atoms. The molecule has 3 N–H and O–H groups in total. The first-order chi connectivity index (χ1) is 10.7. The van der Waals surface area contributed by atoms with Crippen LogP contribution in [0.25, 0.3) is 0 Å². The van der Waals surface area contributed by atoms with Crippen LogP contribution in [0.3, 0.4) is 0 Å². The van der Waals surface area contributed by atoms with E-state index >= 15 is 0 Å². The van der Waals surface area contributed by atoms with Crippen LogP contribution in [0.4, 0.5) is 0 Å². The Morgan fingerprint density at radius 3 is 2.42 bits per heavy atom. The number of aryl methyl sites for hydroxylation is 1. The highest BCUT2D eigenvalue weighted by Crippen LogP contribution is 2.17. The van der Waals surface area contributed by atoms with Crippen molar-refractivity contribution in [3.8, 4) is 5.75 Å². The standard InChI is InChI=1S/C14H21N5O3S.ClH/c1-14(2,15)9-18-23(20,21)12-6-4-11(5-7-12)22-8-13-16-10-17-19(13)3;/h4-7,10,18H,8-9,15H2,1-3H3;1H. The fourth-order valence-electron chi connectivity index (χ4n) is 1.68. The largest absolute Gasteiger partial charge is 0.486 e. The quantitative estimate of drug-likeness (QED) is 0.741. The lowest BCUT2D eigenvalue weighted by Crippen LogP contribution is -2.45. The summed E-state index contributed by atoms with van der Waals surface area (Å²) in [6.45, 7) is 3.90. The predicted octanol–water partition coefficient (Wildman–Crippen LogP) is 0.831. The molecule has 0 aliphatic rings. The molecule has 0 aliphatic carbocycles. The fraction of sp³-hybridized carbons (Fsp3) is 0.429. The topological polar surface area (TPSA) is 112 Å². The zero-order valence-electron chi connectivity index (χ0n) is 13.8. The number of rotatable bonds is 7. The number of sulfonamides is 1. The van der Waals surface area contributed by atoms with Gasteiger partial charge in [0.1, 0.15) is 18.7 Å². The van der Waals surface area contributed by atoms with E-state index in [1.54, 1.807) is 37.7 Å². The summed E-state index contributed by atoms with van der Waals surface area (Å²) in [4.78, 5) is 4.20. The van der Waals surface area contributed by atoms with E-state index in [9.17, 15) is 8.42 Å². The summed E-state index contributed by atoms with van der Waals surface area (Å²) in [6, 6.07) is 6.16. The molecule has 2 rings (SSSR count). The van der Waals surface area contributed by atoms with E-state index in [-0.39, 0.29) is 30.5 Å². The zero-order valence-corrected chi connectivity index (χ0v) is 15.4. The van der Waals surface area contributed by atoms with Crippen molar-refractivity contribution in [1.82, 2.24) is 19.5 Å². The SMILES string of the molecule is Cl.Cn1ncnc1COc1ccc(S(=O)(=O)NCC(C)(C)N)cc1. The molecule has 0 atom stereocenters. The van der Waals surface area contributed by atoms with Crippen LogP contribution in [0.1, 0.15) is 19.7 Å². The van der Waals surface area contributed by atoms with Gasteiger partial charge in [-0.1, -0.05) is 0 Å². The molecule has 0 fully saturated rings. The van der Waals surface area contributed by atoms with E-state index in [1.807, 2.05) is 0 Å². The molecule has 1 heterocycles. The Hall–Kier alpha value is -1.68. The second-order valence-corrected chi connectivity index (χ2v) is 7.64. The first kappa shape index (κ1) is 20.4. The van der Waals surface area contributed by atoms with Crippen molar-refractivity contribution in [2.75, 3.05) is 6.54 Å². The monoisotopic (exact) mass is 375 g/mol. The third kappa shape index (κ3) is 5.75. The van der Waals surface area contributed by atoms with Gasteiger partial charge >= 0.3 is 0 Å². The number of benzene rings is 1. The van der Waals surface area contributed by atoms with Crippen molar-refractivity contribution in [3.05, 3.63) is 36.4 Å². The maximum Gasteiger partial charge on any atom is 0.240 e. The van der Waals surface area contributed by atoms with Crippen molar-refractivity contribution in [3.63, 3.8) is 0 Å². The van der Waals surface area contributed by atoms with Crippen LogP contribution in [0.2, 0.25) is 0 Å². The molecule has 0 amide bonds. The van der Waals surface area contributed by atoms with E-state index in [4.69, 9.17) is 10.5 Å². The van der Waals surface area contributed by atoms with Crippen LogP contribution in [0, 0.1) is 0 Å². The van der Waals surface area contributed by atoms with Crippen LogP contribution < -0.4 is 15.2 Å². The third-order valence-corrected chi connectivity index (χ3v) is 4.44. The number of nitrogens with one attached hydrogen (secondary N) is 1. The molecule has 1 aromatic heterocycles. The average molecular weight is 376 g/mol. The lowest BCUT2D eigenvalue weighted by Gasteiger charge is -2.19. The molecule has 8 nitrogen and oxygen atoms in total. The van der Waals surface area contributed by atoms with Gasteiger partial charge in [-0.3, -0.25) is 4.68 Å². The molecule has 0 saturated heterocycles. The summed E-state index contributed by atoms with van der Waals surface area (Å²) in [6.07, 6.45) is 1.44. The summed E-state index contributed by atoms with van der Waals surface area (Å²) in [7, 11) is -1.82. The average Bonchev–Trinajstić information content (AvgIpc) is 2.88. The molecule has 10 heteroatoms. The van der Waals surface area contributed by atoms with Crippen LogP contribution in [0.15, 0.2) is 35.5 Å². The highest BCUT2D eigenvalue weighted by molar-refractivity contribution is 7.89.